The summed E-state index contributed by atoms with van der Waals surface area (Å²) in [5.74, 6) is 0. The number of hydrogen-bond acceptors (Lipinski definition) is 7. The molecule has 1 atom stereocenters. The van der Waals surface area contributed by atoms with Crippen molar-refractivity contribution in [1.29, 1.82) is 0 Å². The van der Waals surface area contributed by atoms with Gasteiger partial charge in [-0.2, -0.15) is 0 Å². The van der Waals surface area contributed by atoms with Gasteiger partial charge < -0.3 is 14.6 Å². The molecule has 1 aromatic heterocycles. The van der Waals surface area contributed by atoms with Gasteiger partial charge in [0.25, 0.3) is 0 Å². The van der Waals surface area contributed by atoms with E-state index in [0.717, 1.165) is 4.88 Å². The largest absolute Gasteiger partial charge is 0.453 e. The molecule has 3 N–H and O–H groups in total. The first kappa shape index (κ1) is 20.3. The summed E-state index contributed by atoms with van der Waals surface area (Å²) in [7, 11) is -2.52. The van der Waals surface area contributed by atoms with Crippen molar-refractivity contribution in [3.63, 3.8) is 0 Å². The van der Waals surface area contributed by atoms with Crippen molar-refractivity contribution in [3.05, 3.63) is 46.7 Å². The highest BCUT2D eigenvalue weighted by molar-refractivity contribution is 7.89. The van der Waals surface area contributed by atoms with Crippen molar-refractivity contribution in [1.82, 2.24) is 4.72 Å². The number of carbonyl (C=O) groups is 1. The van der Waals surface area contributed by atoms with Gasteiger partial charge in [0, 0.05) is 17.1 Å². The van der Waals surface area contributed by atoms with E-state index in [1.807, 2.05) is 17.5 Å². The topological polar surface area (TPSA) is 114 Å². The molecule has 0 aliphatic carbocycles. The molecule has 1 amide bonds. The molecule has 0 aliphatic rings. The fourth-order valence-corrected chi connectivity index (χ4v) is 3.87. The van der Waals surface area contributed by atoms with E-state index in [0.29, 0.717) is 5.69 Å². The lowest BCUT2D eigenvalue weighted by atomic mass is 10.3. The maximum atomic E-state index is 12.4. The van der Waals surface area contributed by atoms with Gasteiger partial charge in [0.1, 0.15) is 6.10 Å². The zero-order valence-corrected chi connectivity index (χ0v) is 15.7. The SMILES string of the molecule is COC(=O)Nc1ccc(S(=O)(=O)NC[C@H](OCCO)c2cccs2)cc1. The van der Waals surface area contributed by atoms with Crippen LogP contribution in [0.2, 0.25) is 0 Å². The van der Waals surface area contributed by atoms with Crippen molar-refractivity contribution in [2.75, 3.05) is 32.2 Å². The Morgan fingerprint density at radius 2 is 2.00 bits per heavy atom. The molecule has 2 aromatic rings. The van der Waals surface area contributed by atoms with Gasteiger partial charge in [-0.1, -0.05) is 6.07 Å². The van der Waals surface area contributed by atoms with E-state index in [1.54, 1.807) is 0 Å². The minimum Gasteiger partial charge on any atom is -0.453 e. The summed E-state index contributed by atoms with van der Waals surface area (Å²) >= 11 is 1.44. The zero-order valence-electron chi connectivity index (χ0n) is 14.0. The molecule has 142 valence electrons. The Hall–Kier alpha value is -1.98. The first-order valence-electron chi connectivity index (χ1n) is 7.67. The van der Waals surface area contributed by atoms with E-state index in [1.165, 1.54) is 42.7 Å². The van der Waals surface area contributed by atoms with E-state index in [9.17, 15) is 13.2 Å². The molecule has 26 heavy (non-hydrogen) atoms. The number of aliphatic hydroxyl groups excluding tert-OH is 1. The van der Waals surface area contributed by atoms with Gasteiger partial charge in [0.05, 0.1) is 25.2 Å². The second kappa shape index (κ2) is 9.64. The highest BCUT2D eigenvalue weighted by Crippen LogP contribution is 2.23. The number of rotatable bonds is 9. The summed E-state index contributed by atoms with van der Waals surface area (Å²) in [5.41, 5.74) is 0.415. The average Bonchev–Trinajstić information content (AvgIpc) is 3.16. The van der Waals surface area contributed by atoms with E-state index in [-0.39, 0.29) is 24.7 Å². The van der Waals surface area contributed by atoms with Crippen LogP contribution in [0.1, 0.15) is 11.0 Å². The fourth-order valence-electron chi connectivity index (χ4n) is 2.07. The summed E-state index contributed by atoms with van der Waals surface area (Å²) in [4.78, 5) is 12.1. The van der Waals surface area contributed by atoms with Gasteiger partial charge in [0.15, 0.2) is 0 Å². The number of carbonyl (C=O) groups excluding carboxylic acids is 1. The zero-order chi connectivity index (χ0) is 19.0. The third-order valence-corrected chi connectivity index (χ3v) is 5.73. The number of thiophene rings is 1. The first-order chi connectivity index (χ1) is 12.5. The van der Waals surface area contributed by atoms with Crippen LogP contribution in [0.4, 0.5) is 10.5 Å². The Bertz CT molecular complexity index is 791. The number of aliphatic hydroxyl groups is 1. The molecule has 0 saturated carbocycles. The van der Waals surface area contributed by atoms with Gasteiger partial charge in [-0.15, -0.1) is 11.3 Å². The number of methoxy groups -OCH3 is 1. The van der Waals surface area contributed by atoms with Crippen molar-refractivity contribution >= 4 is 33.1 Å². The third-order valence-electron chi connectivity index (χ3n) is 3.33. The van der Waals surface area contributed by atoms with Crippen LogP contribution in [0, 0.1) is 0 Å². The smallest absolute Gasteiger partial charge is 0.411 e. The lowest BCUT2D eigenvalue weighted by molar-refractivity contribution is 0.0328. The monoisotopic (exact) mass is 400 g/mol. The summed E-state index contributed by atoms with van der Waals surface area (Å²) in [6.45, 7) is -0.00746. The van der Waals surface area contributed by atoms with E-state index in [4.69, 9.17) is 9.84 Å². The molecule has 0 fully saturated rings. The quantitative estimate of drug-likeness (QED) is 0.593. The standard InChI is InChI=1S/C16H20N2O6S2/c1-23-16(20)18-12-4-6-13(7-5-12)26(21,22)17-11-14(24-9-8-19)15-3-2-10-25-15/h2-7,10,14,17,19H,8-9,11H2,1H3,(H,18,20)/t14-/m0/s1. The molecule has 1 heterocycles. The fraction of sp³-hybridized carbons (Fsp3) is 0.312. The van der Waals surface area contributed by atoms with Gasteiger partial charge in [-0.25, -0.2) is 17.9 Å². The van der Waals surface area contributed by atoms with Crippen LogP contribution in [0.15, 0.2) is 46.7 Å². The van der Waals surface area contributed by atoms with Crippen LogP contribution in [-0.2, 0) is 19.5 Å². The maximum Gasteiger partial charge on any atom is 0.411 e. The maximum absolute atomic E-state index is 12.4. The number of amides is 1. The Morgan fingerprint density at radius 1 is 1.27 bits per heavy atom. The molecule has 0 radical (unpaired) electrons. The van der Waals surface area contributed by atoms with Gasteiger partial charge in [-0.3, -0.25) is 5.32 Å². The van der Waals surface area contributed by atoms with Crippen molar-refractivity contribution in [2.45, 2.75) is 11.0 Å². The Labute approximate surface area is 155 Å². The third kappa shape index (κ3) is 5.78. The molecular formula is C16H20N2O6S2. The average molecular weight is 400 g/mol. The number of sulfonamides is 1. The molecule has 0 saturated heterocycles. The van der Waals surface area contributed by atoms with Gasteiger partial charge >= 0.3 is 6.09 Å². The minimum absolute atomic E-state index is 0.0327. The predicted molar refractivity (Wildman–Crippen MR) is 97.8 cm³/mol. The normalized spacial score (nSPS) is 12.5. The number of hydrogen-bond donors (Lipinski definition) is 3. The molecule has 1 aromatic carbocycles. The lowest BCUT2D eigenvalue weighted by Gasteiger charge is -2.17. The summed E-state index contributed by atoms with van der Waals surface area (Å²) in [5, 5.41) is 13.2. The van der Waals surface area contributed by atoms with Crippen LogP contribution in [0.3, 0.4) is 0 Å². The summed E-state index contributed by atoms with van der Waals surface area (Å²) in [6.07, 6.45) is -1.13. The van der Waals surface area contributed by atoms with Crippen LogP contribution in [0.25, 0.3) is 0 Å². The van der Waals surface area contributed by atoms with Crippen LogP contribution in [-0.4, -0.2) is 46.5 Å². The van der Waals surface area contributed by atoms with E-state index < -0.39 is 22.2 Å². The second-order valence-corrected chi connectivity index (χ2v) is 7.84. The predicted octanol–water partition coefficient (Wildman–Crippen LogP) is 1.95. The van der Waals surface area contributed by atoms with E-state index >= 15 is 0 Å². The molecule has 0 aliphatic heterocycles. The molecule has 2 rings (SSSR count). The number of nitrogens with one attached hydrogen (secondary N) is 2. The summed E-state index contributed by atoms with van der Waals surface area (Å²) in [6, 6.07) is 9.37. The highest BCUT2D eigenvalue weighted by Gasteiger charge is 2.19. The van der Waals surface area contributed by atoms with Gasteiger partial charge in [-0.05, 0) is 35.7 Å². The van der Waals surface area contributed by atoms with Crippen LogP contribution < -0.4 is 10.0 Å². The van der Waals surface area contributed by atoms with Gasteiger partial charge in [0.2, 0.25) is 10.0 Å². The molecule has 0 bridgehead atoms. The number of benzene rings is 1. The van der Waals surface area contributed by atoms with Crippen molar-refractivity contribution < 1.29 is 27.8 Å². The Morgan fingerprint density at radius 3 is 2.58 bits per heavy atom. The number of ether oxygens (including phenoxy) is 2. The minimum atomic E-state index is -3.75. The summed E-state index contributed by atoms with van der Waals surface area (Å²) < 4.78 is 37.4. The first-order valence-corrected chi connectivity index (χ1v) is 10.0. The van der Waals surface area contributed by atoms with Crippen molar-refractivity contribution in [2.24, 2.45) is 0 Å². The van der Waals surface area contributed by atoms with Crippen LogP contribution in [0.5, 0.6) is 0 Å². The Kier molecular flexibility index (Phi) is 7.54. The molecule has 10 heteroatoms. The highest BCUT2D eigenvalue weighted by atomic mass is 32.2. The lowest BCUT2D eigenvalue weighted by Crippen LogP contribution is -2.29. The molecule has 8 nitrogen and oxygen atoms in total. The Balaban J connectivity index is 2.03. The van der Waals surface area contributed by atoms with Crippen molar-refractivity contribution in [3.8, 4) is 0 Å². The second-order valence-electron chi connectivity index (χ2n) is 5.09. The van der Waals surface area contributed by atoms with E-state index in [2.05, 4.69) is 14.8 Å². The molecule has 0 unspecified atom stereocenters. The molecular weight excluding hydrogens is 380 g/mol. The number of anilines is 1. The molecule has 0 spiro atoms. The van der Waals surface area contributed by atoms with Crippen LogP contribution >= 0.6 is 11.3 Å².